The third-order valence-corrected chi connectivity index (χ3v) is 4.56. The van der Waals surface area contributed by atoms with Crippen LogP contribution in [0.5, 0.6) is 0 Å². The van der Waals surface area contributed by atoms with Crippen LogP contribution in [0.25, 0.3) is 0 Å². The highest BCUT2D eigenvalue weighted by Crippen LogP contribution is 2.42. The van der Waals surface area contributed by atoms with Crippen LogP contribution in [0.2, 0.25) is 0 Å². The van der Waals surface area contributed by atoms with Gasteiger partial charge in [0.25, 0.3) is 0 Å². The number of aliphatic hydroxyl groups is 1. The molecule has 1 aromatic rings. The van der Waals surface area contributed by atoms with Crippen molar-refractivity contribution in [2.45, 2.75) is 50.9 Å². The summed E-state index contributed by atoms with van der Waals surface area (Å²) in [6.07, 6.45) is -6.54. The third-order valence-electron chi connectivity index (χ3n) is 3.45. The number of aryl methyl sites for hydroxylation is 1. The molecule has 0 bridgehead atoms. The zero-order valence-electron chi connectivity index (χ0n) is 12.7. The molecule has 0 saturated carbocycles. The molecule has 6 nitrogen and oxygen atoms in total. The highest BCUT2D eigenvalue weighted by Gasteiger charge is 2.58. The number of aliphatic carboxylic acids is 1. The molecule has 0 aliphatic rings. The Morgan fingerprint density at radius 3 is 2.30 bits per heavy atom. The number of carboxylic acids is 1. The molecule has 0 aliphatic heterocycles. The molecule has 1 rings (SSSR count). The van der Waals surface area contributed by atoms with E-state index in [1.54, 1.807) is 0 Å². The van der Waals surface area contributed by atoms with E-state index in [1.165, 1.54) is 26.2 Å². The van der Waals surface area contributed by atoms with Crippen LogP contribution in [0.4, 0.5) is 13.2 Å². The predicted octanol–water partition coefficient (Wildman–Crippen LogP) is 1.96. The molecule has 3 N–H and O–H groups in total. The smallest absolute Gasteiger partial charge is 0.424 e. The summed E-state index contributed by atoms with van der Waals surface area (Å²) in [5, 5.41) is 21.8. The van der Waals surface area contributed by atoms with Gasteiger partial charge in [-0.1, -0.05) is 6.92 Å². The minimum Gasteiger partial charge on any atom is -0.480 e. The van der Waals surface area contributed by atoms with E-state index >= 15 is 0 Å². The lowest BCUT2D eigenvalue weighted by molar-refractivity contribution is -0.267. The molecule has 23 heavy (non-hydrogen) atoms. The SMILES string of the molecule is CCC(C)(NC(=O)CC(O)(c1nc(C)cs1)C(F)(F)F)C(=O)O. The maximum atomic E-state index is 13.3. The van der Waals surface area contributed by atoms with Gasteiger partial charge in [0.15, 0.2) is 0 Å². The molecular formula is C13H17F3N2O4S. The first-order valence-corrected chi connectivity index (χ1v) is 7.50. The first-order valence-electron chi connectivity index (χ1n) is 6.62. The summed E-state index contributed by atoms with van der Waals surface area (Å²) in [4.78, 5) is 26.6. The molecule has 0 fully saturated rings. The molecule has 0 aliphatic carbocycles. The minimum absolute atomic E-state index is 0.0329. The maximum Gasteiger partial charge on any atom is 0.424 e. The van der Waals surface area contributed by atoms with Crippen LogP contribution >= 0.6 is 11.3 Å². The minimum atomic E-state index is -5.14. The van der Waals surface area contributed by atoms with Crippen molar-refractivity contribution < 1.29 is 33.0 Å². The normalized spacial score (nSPS) is 17.2. The summed E-state index contributed by atoms with van der Waals surface area (Å²) in [7, 11) is 0. The van der Waals surface area contributed by atoms with Crippen LogP contribution < -0.4 is 5.32 Å². The summed E-state index contributed by atoms with van der Waals surface area (Å²) in [5.74, 6) is -2.61. The van der Waals surface area contributed by atoms with Gasteiger partial charge in [-0.2, -0.15) is 13.2 Å². The molecule has 2 unspecified atom stereocenters. The predicted molar refractivity (Wildman–Crippen MR) is 75.9 cm³/mol. The van der Waals surface area contributed by atoms with Crippen LogP contribution in [0.3, 0.4) is 0 Å². The van der Waals surface area contributed by atoms with Crippen molar-refractivity contribution in [3.8, 4) is 0 Å². The summed E-state index contributed by atoms with van der Waals surface area (Å²) in [6.45, 7) is 4.09. The Kier molecular flexibility index (Phi) is 5.42. The second-order valence-electron chi connectivity index (χ2n) is 5.37. The van der Waals surface area contributed by atoms with Gasteiger partial charge < -0.3 is 15.5 Å². The van der Waals surface area contributed by atoms with E-state index in [2.05, 4.69) is 4.98 Å². The average molecular weight is 354 g/mol. The second kappa shape index (κ2) is 6.44. The Balaban J connectivity index is 3.09. The number of alkyl halides is 3. The number of carbonyl (C=O) groups excluding carboxylic acids is 1. The van der Waals surface area contributed by atoms with E-state index in [4.69, 9.17) is 5.11 Å². The van der Waals surface area contributed by atoms with Gasteiger partial charge in [0.05, 0.1) is 6.42 Å². The van der Waals surface area contributed by atoms with E-state index in [1.807, 2.05) is 5.32 Å². The number of thiazole rings is 1. The van der Waals surface area contributed by atoms with Gasteiger partial charge in [-0.15, -0.1) is 11.3 Å². The van der Waals surface area contributed by atoms with E-state index in [-0.39, 0.29) is 12.1 Å². The van der Waals surface area contributed by atoms with Gasteiger partial charge in [0.2, 0.25) is 11.5 Å². The number of hydrogen-bond donors (Lipinski definition) is 3. The molecule has 1 aromatic heterocycles. The summed E-state index contributed by atoms with van der Waals surface area (Å²) >= 11 is 0.578. The summed E-state index contributed by atoms with van der Waals surface area (Å²) < 4.78 is 39.8. The molecule has 0 aromatic carbocycles. The zero-order valence-corrected chi connectivity index (χ0v) is 13.5. The summed E-state index contributed by atoms with van der Waals surface area (Å²) in [5.41, 5.74) is -4.91. The number of rotatable bonds is 6. The quantitative estimate of drug-likeness (QED) is 0.725. The standard InChI is InChI=1S/C13H17F3N2O4S/c1-4-11(3,10(20)21)18-8(19)5-12(22,13(14,15)16)9-17-7(2)6-23-9/h6,22H,4-5H2,1-3H3,(H,18,19)(H,20,21). The number of nitrogens with zero attached hydrogens (tertiary/aromatic N) is 1. The van der Waals surface area contributed by atoms with E-state index in [9.17, 15) is 27.9 Å². The molecule has 10 heteroatoms. The summed E-state index contributed by atoms with van der Waals surface area (Å²) in [6, 6.07) is 0. The van der Waals surface area contributed by atoms with Crippen LogP contribution in [0.15, 0.2) is 5.38 Å². The van der Waals surface area contributed by atoms with Crippen molar-refractivity contribution in [3.63, 3.8) is 0 Å². The fraction of sp³-hybridized carbons (Fsp3) is 0.615. The molecule has 2 atom stereocenters. The van der Waals surface area contributed by atoms with Gasteiger partial charge in [0.1, 0.15) is 10.5 Å². The molecule has 0 saturated heterocycles. The Hall–Kier alpha value is -1.68. The van der Waals surface area contributed by atoms with E-state index in [0.717, 1.165) is 0 Å². The maximum absolute atomic E-state index is 13.3. The van der Waals surface area contributed by atoms with Crippen molar-refractivity contribution in [2.75, 3.05) is 0 Å². The average Bonchev–Trinajstić information content (AvgIpc) is 2.83. The lowest BCUT2D eigenvalue weighted by Gasteiger charge is -2.30. The molecule has 0 radical (unpaired) electrons. The third kappa shape index (κ3) is 3.99. The van der Waals surface area contributed by atoms with Crippen LogP contribution in [0, 0.1) is 6.92 Å². The van der Waals surface area contributed by atoms with Gasteiger partial charge >= 0.3 is 12.1 Å². The Labute approximate surface area is 134 Å². The molecule has 130 valence electrons. The fourth-order valence-corrected chi connectivity index (χ4v) is 2.63. The number of carbonyl (C=O) groups is 2. The number of halogens is 3. The van der Waals surface area contributed by atoms with Gasteiger partial charge in [-0.25, -0.2) is 9.78 Å². The first-order chi connectivity index (χ1) is 10.4. The molecular weight excluding hydrogens is 337 g/mol. The number of amides is 1. The monoisotopic (exact) mass is 354 g/mol. The van der Waals surface area contributed by atoms with Crippen molar-refractivity contribution in [1.29, 1.82) is 0 Å². The number of aromatic nitrogens is 1. The lowest BCUT2D eigenvalue weighted by atomic mass is 9.95. The van der Waals surface area contributed by atoms with E-state index in [0.29, 0.717) is 11.3 Å². The van der Waals surface area contributed by atoms with Crippen molar-refractivity contribution in [1.82, 2.24) is 10.3 Å². The zero-order chi connectivity index (χ0) is 18.1. The van der Waals surface area contributed by atoms with Gasteiger partial charge in [0, 0.05) is 11.1 Å². The van der Waals surface area contributed by atoms with Crippen molar-refractivity contribution >= 4 is 23.2 Å². The topological polar surface area (TPSA) is 99.5 Å². The van der Waals surface area contributed by atoms with Crippen molar-refractivity contribution in [2.24, 2.45) is 0 Å². The molecule has 1 heterocycles. The number of hydrogen-bond acceptors (Lipinski definition) is 5. The largest absolute Gasteiger partial charge is 0.480 e. The molecule has 0 spiro atoms. The van der Waals surface area contributed by atoms with Crippen LogP contribution in [-0.2, 0) is 15.2 Å². The Morgan fingerprint density at radius 1 is 1.39 bits per heavy atom. The van der Waals surface area contributed by atoms with Crippen molar-refractivity contribution in [3.05, 3.63) is 16.1 Å². The van der Waals surface area contributed by atoms with E-state index < -0.39 is 40.6 Å². The Bertz CT molecular complexity index is 604. The highest BCUT2D eigenvalue weighted by molar-refractivity contribution is 7.09. The number of carboxylic acid groups (broad SMARTS) is 1. The van der Waals surface area contributed by atoms with Gasteiger partial charge in [-0.05, 0) is 20.3 Å². The van der Waals surface area contributed by atoms with Gasteiger partial charge in [-0.3, -0.25) is 4.79 Å². The molecule has 1 amide bonds. The number of nitrogens with one attached hydrogen (secondary N) is 1. The van der Waals surface area contributed by atoms with Crippen LogP contribution in [0.1, 0.15) is 37.4 Å². The highest BCUT2D eigenvalue weighted by atomic mass is 32.1. The Morgan fingerprint density at radius 2 is 1.96 bits per heavy atom. The first kappa shape index (κ1) is 19.4. The fourth-order valence-electron chi connectivity index (χ4n) is 1.72. The second-order valence-corrected chi connectivity index (χ2v) is 6.23. The lowest BCUT2D eigenvalue weighted by Crippen LogP contribution is -2.54. The van der Waals surface area contributed by atoms with Crippen LogP contribution in [-0.4, -0.2) is 38.8 Å².